The second kappa shape index (κ2) is 8.49. The molecule has 29 heavy (non-hydrogen) atoms. The lowest BCUT2D eigenvalue weighted by atomic mass is 9.86. The third-order valence-corrected chi connectivity index (χ3v) is 7.33. The average molecular weight is 438 g/mol. The number of fused-ring (bicyclic) bond motifs is 3. The number of aromatic nitrogens is 1. The minimum atomic E-state index is -3.12. The van der Waals surface area contributed by atoms with Gasteiger partial charge in [0.05, 0.1) is 25.7 Å². The summed E-state index contributed by atoms with van der Waals surface area (Å²) in [6, 6.07) is 5.97. The predicted octanol–water partition coefficient (Wildman–Crippen LogP) is 3.27. The number of rotatable bonds is 6. The Balaban J connectivity index is 1.40. The molecule has 9 heteroatoms. The Morgan fingerprint density at radius 3 is 2.79 bits per heavy atom. The minimum absolute atomic E-state index is 0.0728. The monoisotopic (exact) mass is 437 g/mol. The molecule has 1 aliphatic carbocycles. The van der Waals surface area contributed by atoms with E-state index in [2.05, 4.69) is 10.0 Å². The molecule has 0 unspecified atom stereocenters. The highest BCUT2D eigenvalue weighted by Crippen LogP contribution is 2.43. The SMILES string of the molecule is COc1cccc2c1OCCc1sc(NCC3CCC(NS(C)(=O)=O)CC3)nc1-2. The normalized spacial score (nSPS) is 21.4. The van der Waals surface area contributed by atoms with E-state index in [0.29, 0.717) is 12.5 Å². The van der Waals surface area contributed by atoms with Crippen molar-refractivity contribution >= 4 is 26.5 Å². The fourth-order valence-electron chi connectivity index (χ4n) is 4.08. The van der Waals surface area contributed by atoms with Crippen molar-refractivity contribution in [2.75, 3.05) is 31.8 Å². The van der Waals surface area contributed by atoms with E-state index in [0.717, 1.165) is 66.5 Å². The number of methoxy groups -OCH3 is 1. The minimum Gasteiger partial charge on any atom is -0.493 e. The lowest BCUT2D eigenvalue weighted by Crippen LogP contribution is -2.37. The van der Waals surface area contributed by atoms with Crippen LogP contribution in [0.3, 0.4) is 0 Å². The number of para-hydroxylation sites is 1. The molecular weight excluding hydrogens is 410 g/mol. The molecule has 0 amide bonds. The molecule has 2 aliphatic rings. The van der Waals surface area contributed by atoms with Crippen molar-refractivity contribution in [1.29, 1.82) is 0 Å². The Hall–Kier alpha value is -1.84. The summed E-state index contributed by atoms with van der Waals surface area (Å²) in [6.45, 7) is 1.47. The van der Waals surface area contributed by atoms with Gasteiger partial charge in [-0.25, -0.2) is 18.1 Å². The van der Waals surface area contributed by atoms with Crippen LogP contribution in [0.1, 0.15) is 30.6 Å². The van der Waals surface area contributed by atoms with E-state index in [1.54, 1.807) is 18.4 Å². The van der Waals surface area contributed by atoms with E-state index in [4.69, 9.17) is 14.5 Å². The summed E-state index contributed by atoms with van der Waals surface area (Å²) in [5.74, 6) is 2.03. The van der Waals surface area contributed by atoms with Crippen molar-refractivity contribution in [1.82, 2.24) is 9.71 Å². The van der Waals surface area contributed by atoms with Gasteiger partial charge in [0.15, 0.2) is 16.6 Å². The maximum Gasteiger partial charge on any atom is 0.208 e. The number of hydrogen-bond donors (Lipinski definition) is 2. The van der Waals surface area contributed by atoms with Crippen LogP contribution in [0.25, 0.3) is 11.3 Å². The number of ether oxygens (including phenoxy) is 2. The van der Waals surface area contributed by atoms with Gasteiger partial charge in [-0.3, -0.25) is 0 Å². The van der Waals surface area contributed by atoms with Gasteiger partial charge in [-0.05, 0) is 43.7 Å². The van der Waals surface area contributed by atoms with Gasteiger partial charge in [-0.2, -0.15) is 0 Å². The van der Waals surface area contributed by atoms with Crippen molar-refractivity contribution in [3.8, 4) is 22.8 Å². The molecule has 1 aromatic heterocycles. The van der Waals surface area contributed by atoms with Crippen LogP contribution in [0.5, 0.6) is 11.5 Å². The number of nitrogens with zero attached hydrogens (tertiary/aromatic N) is 1. The van der Waals surface area contributed by atoms with Crippen molar-refractivity contribution in [2.45, 2.75) is 38.1 Å². The summed E-state index contributed by atoms with van der Waals surface area (Å²) in [5.41, 5.74) is 1.96. The first-order chi connectivity index (χ1) is 13.9. The summed E-state index contributed by atoms with van der Waals surface area (Å²) < 4.78 is 36.9. The molecule has 0 bridgehead atoms. The number of sulfonamides is 1. The smallest absolute Gasteiger partial charge is 0.208 e. The number of nitrogens with one attached hydrogen (secondary N) is 2. The summed E-state index contributed by atoms with van der Waals surface area (Å²) in [6.07, 6.45) is 5.86. The Labute approximate surface area is 175 Å². The molecule has 7 nitrogen and oxygen atoms in total. The highest BCUT2D eigenvalue weighted by atomic mass is 32.2. The third kappa shape index (κ3) is 4.84. The summed E-state index contributed by atoms with van der Waals surface area (Å²) in [4.78, 5) is 6.08. The van der Waals surface area contributed by atoms with Gasteiger partial charge in [-0.15, -0.1) is 11.3 Å². The number of thiazole rings is 1. The van der Waals surface area contributed by atoms with E-state index in [1.165, 1.54) is 11.1 Å². The maximum absolute atomic E-state index is 11.4. The van der Waals surface area contributed by atoms with Gasteiger partial charge in [-0.1, -0.05) is 6.07 Å². The maximum atomic E-state index is 11.4. The van der Waals surface area contributed by atoms with E-state index in [9.17, 15) is 8.42 Å². The van der Waals surface area contributed by atoms with Gasteiger partial charge >= 0.3 is 0 Å². The highest BCUT2D eigenvalue weighted by molar-refractivity contribution is 7.88. The van der Waals surface area contributed by atoms with Crippen molar-refractivity contribution < 1.29 is 17.9 Å². The quantitative estimate of drug-likeness (QED) is 0.721. The van der Waals surface area contributed by atoms with Crippen molar-refractivity contribution in [3.05, 3.63) is 23.1 Å². The zero-order chi connectivity index (χ0) is 20.4. The van der Waals surface area contributed by atoms with Crippen molar-refractivity contribution in [2.24, 2.45) is 5.92 Å². The van der Waals surface area contributed by atoms with Gasteiger partial charge in [0.2, 0.25) is 10.0 Å². The van der Waals surface area contributed by atoms with Crippen LogP contribution in [0.2, 0.25) is 0 Å². The molecule has 4 rings (SSSR count). The second-order valence-electron chi connectivity index (χ2n) is 7.71. The number of hydrogen-bond acceptors (Lipinski definition) is 7. The van der Waals surface area contributed by atoms with Crippen LogP contribution in [0.15, 0.2) is 18.2 Å². The zero-order valence-corrected chi connectivity index (χ0v) is 18.4. The molecule has 1 aliphatic heterocycles. The van der Waals surface area contributed by atoms with Gasteiger partial charge in [0.25, 0.3) is 0 Å². The topological polar surface area (TPSA) is 89.5 Å². The standard InChI is InChI=1S/C20H27N3O4S2/c1-26-16-5-3-4-15-18-17(10-11-27-19(15)16)28-20(22-18)21-12-13-6-8-14(9-7-13)23-29(2,24)25/h3-5,13-14,23H,6-12H2,1-2H3,(H,21,22). The summed E-state index contributed by atoms with van der Waals surface area (Å²) in [5, 5.41) is 4.44. The predicted molar refractivity (Wildman–Crippen MR) is 116 cm³/mol. The lowest BCUT2D eigenvalue weighted by molar-refractivity contribution is 0.302. The molecule has 2 heterocycles. The molecule has 1 aromatic carbocycles. The molecule has 0 saturated heterocycles. The third-order valence-electron chi connectivity index (χ3n) is 5.50. The van der Waals surface area contributed by atoms with E-state index in [-0.39, 0.29) is 6.04 Å². The molecule has 0 spiro atoms. The van der Waals surface area contributed by atoms with Crippen LogP contribution in [0, 0.1) is 5.92 Å². The molecule has 2 N–H and O–H groups in total. The molecule has 1 fully saturated rings. The van der Waals surface area contributed by atoms with Gasteiger partial charge < -0.3 is 14.8 Å². The van der Waals surface area contributed by atoms with Crippen LogP contribution < -0.4 is 19.5 Å². The first-order valence-electron chi connectivity index (χ1n) is 9.94. The Morgan fingerprint density at radius 2 is 2.07 bits per heavy atom. The highest BCUT2D eigenvalue weighted by Gasteiger charge is 2.25. The zero-order valence-electron chi connectivity index (χ0n) is 16.7. The van der Waals surface area contributed by atoms with E-state index in [1.807, 2.05) is 18.2 Å². The molecule has 0 radical (unpaired) electrons. The van der Waals surface area contributed by atoms with Crippen LogP contribution in [-0.2, 0) is 16.4 Å². The lowest BCUT2D eigenvalue weighted by Gasteiger charge is -2.28. The van der Waals surface area contributed by atoms with E-state index < -0.39 is 10.0 Å². The summed E-state index contributed by atoms with van der Waals surface area (Å²) >= 11 is 1.69. The largest absolute Gasteiger partial charge is 0.493 e. The van der Waals surface area contributed by atoms with Crippen LogP contribution in [-0.4, -0.2) is 46.0 Å². The van der Waals surface area contributed by atoms with E-state index >= 15 is 0 Å². The van der Waals surface area contributed by atoms with Gasteiger partial charge in [0.1, 0.15) is 0 Å². The second-order valence-corrected chi connectivity index (χ2v) is 10.6. The fraction of sp³-hybridized carbons (Fsp3) is 0.550. The van der Waals surface area contributed by atoms with Crippen molar-refractivity contribution in [3.63, 3.8) is 0 Å². The first kappa shape index (κ1) is 20.4. The fourth-order valence-corrected chi connectivity index (χ4v) is 5.89. The molecule has 2 aromatic rings. The Bertz CT molecular complexity index is 966. The van der Waals surface area contributed by atoms with Crippen LogP contribution in [0.4, 0.5) is 5.13 Å². The van der Waals surface area contributed by atoms with Gasteiger partial charge in [0, 0.05) is 29.4 Å². The number of anilines is 1. The molecule has 0 atom stereocenters. The Kier molecular flexibility index (Phi) is 5.98. The Morgan fingerprint density at radius 1 is 1.28 bits per heavy atom. The molecule has 1 saturated carbocycles. The first-order valence-corrected chi connectivity index (χ1v) is 12.6. The average Bonchev–Trinajstić information content (AvgIpc) is 3.01. The number of benzene rings is 1. The molecular formula is C20H27N3O4S2. The summed E-state index contributed by atoms with van der Waals surface area (Å²) in [7, 11) is -1.47. The van der Waals surface area contributed by atoms with Crippen LogP contribution >= 0.6 is 11.3 Å². The molecule has 158 valence electrons.